The molecule has 0 amide bonds. The van der Waals surface area contributed by atoms with Crippen molar-refractivity contribution in [3.8, 4) is 0 Å². The Morgan fingerprint density at radius 2 is 2.16 bits per heavy atom. The van der Waals surface area contributed by atoms with E-state index < -0.39 is 9.84 Å². The first-order valence-corrected chi connectivity index (χ1v) is 9.06. The first kappa shape index (κ1) is 13.1. The Morgan fingerprint density at radius 3 is 2.79 bits per heavy atom. The van der Waals surface area contributed by atoms with Gasteiger partial charge in [-0.2, -0.15) is 0 Å². The number of ketones is 1. The van der Waals surface area contributed by atoms with Crippen LogP contribution >= 0.6 is 11.3 Å². The number of rotatable bonds is 2. The molecular weight excluding hydrogens is 284 g/mol. The van der Waals surface area contributed by atoms with E-state index in [9.17, 15) is 13.2 Å². The molecular formula is C12H16N2O3S2. The Balaban J connectivity index is 1.85. The van der Waals surface area contributed by atoms with Crippen LogP contribution in [0.15, 0.2) is 0 Å². The number of fused-ring (bicyclic) bond motifs is 1. The summed E-state index contributed by atoms with van der Waals surface area (Å²) in [5.41, 5.74) is 0.610. The van der Waals surface area contributed by atoms with Gasteiger partial charge in [-0.3, -0.25) is 4.79 Å². The lowest BCUT2D eigenvalue weighted by Crippen LogP contribution is -2.32. The minimum Gasteiger partial charge on any atom is -0.347 e. The van der Waals surface area contributed by atoms with Gasteiger partial charge in [-0.1, -0.05) is 0 Å². The molecule has 0 radical (unpaired) electrons. The van der Waals surface area contributed by atoms with Crippen molar-refractivity contribution in [3.05, 3.63) is 10.6 Å². The predicted molar refractivity (Wildman–Crippen MR) is 74.8 cm³/mol. The van der Waals surface area contributed by atoms with Crippen molar-refractivity contribution in [3.63, 3.8) is 0 Å². The van der Waals surface area contributed by atoms with E-state index >= 15 is 0 Å². The lowest BCUT2D eigenvalue weighted by atomic mass is 10.0. The molecule has 104 valence electrons. The minimum atomic E-state index is -2.89. The fraction of sp³-hybridized carbons (Fsp3) is 0.667. The van der Waals surface area contributed by atoms with Gasteiger partial charge in [0.1, 0.15) is 5.69 Å². The van der Waals surface area contributed by atoms with Crippen molar-refractivity contribution >= 4 is 32.1 Å². The van der Waals surface area contributed by atoms with E-state index in [4.69, 9.17) is 0 Å². The number of hydrogen-bond acceptors (Lipinski definition) is 6. The van der Waals surface area contributed by atoms with Crippen LogP contribution in [0, 0.1) is 0 Å². The molecule has 1 fully saturated rings. The van der Waals surface area contributed by atoms with Gasteiger partial charge in [0.05, 0.1) is 11.5 Å². The van der Waals surface area contributed by atoms with Gasteiger partial charge in [0.2, 0.25) is 0 Å². The van der Waals surface area contributed by atoms with E-state index in [-0.39, 0.29) is 23.3 Å². The summed E-state index contributed by atoms with van der Waals surface area (Å²) in [6, 6.07) is -0.00675. The van der Waals surface area contributed by atoms with E-state index in [0.29, 0.717) is 18.5 Å². The van der Waals surface area contributed by atoms with Crippen molar-refractivity contribution in [1.82, 2.24) is 4.98 Å². The molecule has 0 aromatic carbocycles. The molecule has 1 aromatic rings. The summed E-state index contributed by atoms with van der Waals surface area (Å²) in [6.45, 7) is 0. The van der Waals surface area contributed by atoms with Crippen molar-refractivity contribution in [2.75, 3.05) is 23.5 Å². The van der Waals surface area contributed by atoms with E-state index in [1.54, 1.807) is 0 Å². The first-order chi connectivity index (χ1) is 8.96. The topological polar surface area (TPSA) is 67.3 Å². The zero-order valence-corrected chi connectivity index (χ0v) is 12.4. The van der Waals surface area contributed by atoms with Gasteiger partial charge < -0.3 is 4.90 Å². The molecule has 0 N–H and O–H groups in total. The van der Waals surface area contributed by atoms with Crippen LogP contribution in [0.25, 0.3) is 0 Å². The number of aryl methyl sites for hydroxylation is 1. The number of hydrogen-bond donors (Lipinski definition) is 0. The predicted octanol–water partition coefficient (Wildman–Crippen LogP) is 1.29. The van der Waals surface area contributed by atoms with Crippen molar-refractivity contribution in [2.45, 2.75) is 31.7 Å². The van der Waals surface area contributed by atoms with Gasteiger partial charge >= 0.3 is 0 Å². The molecule has 1 aromatic heterocycles. The number of anilines is 1. The van der Waals surface area contributed by atoms with Crippen LogP contribution < -0.4 is 4.90 Å². The molecule has 7 heteroatoms. The molecule has 2 aliphatic rings. The smallest absolute Gasteiger partial charge is 0.186 e. The monoisotopic (exact) mass is 300 g/mol. The van der Waals surface area contributed by atoms with Gasteiger partial charge in [0.15, 0.2) is 20.8 Å². The average molecular weight is 300 g/mol. The number of carbonyl (C=O) groups is 1. The fourth-order valence-corrected chi connectivity index (χ4v) is 5.57. The first-order valence-electron chi connectivity index (χ1n) is 6.42. The zero-order valence-electron chi connectivity index (χ0n) is 10.8. The summed E-state index contributed by atoms with van der Waals surface area (Å²) >= 11 is 1.53. The number of sulfone groups is 1. The molecule has 19 heavy (non-hydrogen) atoms. The second kappa shape index (κ2) is 4.56. The molecule has 5 nitrogen and oxygen atoms in total. The lowest BCUT2D eigenvalue weighted by molar-refractivity contribution is 0.0968. The SMILES string of the molecule is CN(c1nc2c(s1)CCCC2=O)C1CCS(=O)(=O)C1. The normalized spacial score (nSPS) is 25.3. The Morgan fingerprint density at radius 1 is 1.37 bits per heavy atom. The highest BCUT2D eigenvalue weighted by atomic mass is 32.2. The molecule has 1 saturated heterocycles. The van der Waals surface area contributed by atoms with Crippen LogP contribution in [0.4, 0.5) is 5.13 Å². The number of nitrogens with zero attached hydrogens (tertiary/aromatic N) is 2. The van der Waals surface area contributed by atoms with Crippen LogP contribution in [0.1, 0.15) is 34.6 Å². The summed E-state index contributed by atoms with van der Waals surface area (Å²) in [5, 5.41) is 0.780. The summed E-state index contributed by atoms with van der Waals surface area (Å²) in [5.74, 6) is 0.574. The van der Waals surface area contributed by atoms with Crippen molar-refractivity contribution < 1.29 is 13.2 Å². The lowest BCUT2D eigenvalue weighted by Gasteiger charge is -2.22. The van der Waals surface area contributed by atoms with Crippen LogP contribution in [-0.4, -0.2) is 43.8 Å². The standard InChI is InChI=1S/C12H16N2O3S2/c1-14(8-5-6-19(16,17)7-8)12-13-11-9(15)3-2-4-10(11)18-12/h8H,2-7H2,1H3. The second-order valence-corrected chi connectivity index (χ2v) is 8.50. The van der Waals surface area contributed by atoms with Gasteiger partial charge in [-0.15, -0.1) is 11.3 Å². The highest BCUT2D eigenvalue weighted by Gasteiger charge is 2.33. The zero-order chi connectivity index (χ0) is 13.6. The second-order valence-electron chi connectivity index (χ2n) is 5.21. The molecule has 0 bridgehead atoms. The summed E-state index contributed by atoms with van der Waals surface area (Å²) in [7, 11) is -1.02. The molecule has 0 saturated carbocycles. The van der Waals surface area contributed by atoms with Crippen molar-refractivity contribution in [1.29, 1.82) is 0 Å². The molecule has 1 aliphatic carbocycles. The van der Waals surface area contributed by atoms with Crippen LogP contribution in [0.2, 0.25) is 0 Å². The van der Waals surface area contributed by atoms with Gasteiger partial charge in [-0.25, -0.2) is 13.4 Å². The largest absolute Gasteiger partial charge is 0.347 e. The maximum Gasteiger partial charge on any atom is 0.186 e. The Kier molecular flexibility index (Phi) is 3.13. The summed E-state index contributed by atoms with van der Waals surface area (Å²) < 4.78 is 23.1. The summed E-state index contributed by atoms with van der Waals surface area (Å²) in [4.78, 5) is 19.2. The van der Waals surface area contributed by atoms with Crippen molar-refractivity contribution in [2.24, 2.45) is 0 Å². The quantitative estimate of drug-likeness (QED) is 0.823. The maximum absolute atomic E-state index is 11.8. The number of Topliss-reactive ketones (excluding diaryl/α,β-unsaturated/α-hetero) is 1. The van der Waals surface area contributed by atoms with E-state index in [0.717, 1.165) is 22.9 Å². The third kappa shape index (κ3) is 2.41. The molecule has 1 aliphatic heterocycles. The van der Waals surface area contributed by atoms with E-state index in [1.165, 1.54) is 11.3 Å². The average Bonchev–Trinajstić information content (AvgIpc) is 2.92. The Labute approximate surface area is 116 Å². The number of aromatic nitrogens is 1. The molecule has 2 heterocycles. The van der Waals surface area contributed by atoms with Crippen LogP contribution in [0.5, 0.6) is 0 Å². The van der Waals surface area contributed by atoms with Crippen LogP contribution in [-0.2, 0) is 16.3 Å². The number of thiazole rings is 1. The van der Waals surface area contributed by atoms with Gasteiger partial charge in [0.25, 0.3) is 0 Å². The highest BCUT2D eigenvalue weighted by Crippen LogP contribution is 2.33. The Hall–Kier alpha value is -0.950. The number of carbonyl (C=O) groups excluding carboxylic acids is 1. The van der Waals surface area contributed by atoms with E-state index in [2.05, 4.69) is 4.98 Å². The molecule has 1 atom stereocenters. The van der Waals surface area contributed by atoms with Gasteiger partial charge in [0, 0.05) is 24.4 Å². The fourth-order valence-electron chi connectivity index (χ4n) is 2.64. The third-order valence-electron chi connectivity index (χ3n) is 3.82. The molecule has 3 rings (SSSR count). The maximum atomic E-state index is 11.8. The van der Waals surface area contributed by atoms with Crippen LogP contribution in [0.3, 0.4) is 0 Å². The van der Waals surface area contributed by atoms with Gasteiger partial charge in [-0.05, 0) is 19.3 Å². The Bertz CT molecular complexity index is 621. The third-order valence-corrected chi connectivity index (χ3v) is 6.77. The van der Waals surface area contributed by atoms with E-state index in [1.807, 2.05) is 11.9 Å². The minimum absolute atomic E-state index is 0.00675. The summed E-state index contributed by atoms with van der Waals surface area (Å²) in [6.07, 6.45) is 3.04. The molecule has 0 spiro atoms. The molecule has 1 unspecified atom stereocenters. The highest BCUT2D eigenvalue weighted by molar-refractivity contribution is 7.91.